The lowest BCUT2D eigenvalue weighted by molar-refractivity contribution is 0.0694. The van der Waals surface area contributed by atoms with Gasteiger partial charge in [0.2, 0.25) is 0 Å². The molecule has 3 heterocycles. The number of aromatic nitrogens is 2. The van der Waals surface area contributed by atoms with Gasteiger partial charge >= 0.3 is 0 Å². The van der Waals surface area contributed by atoms with Crippen molar-refractivity contribution in [2.45, 2.75) is 43.9 Å². The molecule has 0 spiro atoms. The smallest absolute Gasteiger partial charge is 0.270 e. The van der Waals surface area contributed by atoms with Crippen LogP contribution in [0.2, 0.25) is 0 Å². The van der Waals surface area contributed by atoms with Gasteiger partial charge in [0.15, 0.2) is 5.82 Å². The Morgan fingerprint density at radius 3 is 2.58 bits per heavy atom. The van der Waals surface area contributed by atoms with Gasteiger partial charge in [-0.1, -0.05) is 12.1 Å². The predicted octanol–water partition coefficient (Wildman–Crippen LogP) is 1.63. The highest BCUT2D eigenvalue weighted by atomic mass is 16.5. The second-order valence-electron chi connectivity index (χ2n) is 9.30. The first-order valence-corrected chi connectivity index (χ1v) is 12.7. The summed E-state index contributed by atoms with van der Waals surface area (Å²) in [4.78, 5) is 24.8. The zero-order valence-corrected chi connectivity index (χ0v) is 21.1. The lowest BCUT2D eigenvalue weighted by atomic mass is 10.1. The fraction of sp³-hybridized carbons (Fsp3) is 0.577. The summed E-state index contributed by atoms with van der Waals surface area (Å²) in [5.74, 6) is 1.53. The normalized spacial score (nSPS) is 18.0. The van der Waals surface area contributed by atoms with Crippen LogP contribution in [0.1, 0.15) is 36.2 Å². The molecular weight excluding hydrogens is 462 g/mol. The van der Waals surface area contributed by atoms with E-state index in [2.05, 4.69) is 20.5 Å². The average molecular weight is 500 g/mol. The maximum absolute atomic E-state index is 13.2. The number of carbonyl (C=O) groups is 1. The SMILES string of the molecule is CNCC(O)COc1cccc(-c2nc(C(=O)NC3CCOCC3)cc(N(C)C3CCOCC3)n2)c1. The lowest BCUT2D eigenvalue weighted by Crippen LogP contribution is -2.40. The van der Waals surface area contributed by atoms with E-state index in [1.165, 1.54) is 0 Å². The summed E-state index contributed by atoms with van der Waals surface area (Å²) >= 11 is 0. The largest absolute Gasteiger partial charge is 0.491 e. The minimum Gasteiger partial charge on any atom is -0.491 e. The van der Waals surface area contributed by atoms with Crippen LogP contribution in [-0.4, -0.2) is 92.8 Å². The van der Waals surface area contributed by atoms with Crippen molar-refractivity contribution >= 4 is 11.7 Å². The molecule has 196 valence electrons. The van der Waals surface area contributed by atoms with Gasteiger partial charge in [0.25, 0.3) is 5.91 Å². The maximum atomic E-state index is 13.2. The van der Waals surface area contributed by atoms with E-state index in [1.54, 1.807) is 13.1 Å². The molecule has 2 aliphatic rings. The third-order valence-corrected chi connectivity index (χ3v) is 6.58. The Morgan fingerprint density at radius 1 is 1.14 bits per heavy atom. The number of benzene rings is 1. The van der Waals surface area contributed by atoms with Crippen molar-refractivity contribution in [2.24, 2.45) is 0 Å². The summed E-state index contributed by atoms with van der Waals surface area (Å²) in [6, 6.07) is 9.52. The first-order chi connectivity index (χ1) is 17.5. The van der Waals surface area contributed by atoms with Gasteiger partial charge in [-0.05, 0) is 44.9 Å². The molecule has 0 saturated carbocycles. The van der Waals surface area contributed by atoms with Crippen LogP contribution in [0, 0.1) is 0 Å². The van der Waals surface area contributed by atoms with Gasteiger partial charge in [0, 0.05) is 63.7 Å². The van der Waals surface area contributed by atoms with Crippen molar-refractivity contribution in [1.29, 1.82) is 0 Å². The van der Waals surface area contributed by atoms with Crippen LogP contribution < -0.4 is 20.3 Å². The first-order valence-electron chi connectivity index (χ1n) is 12.7. The summed E-state index contributed by atoms with van der Waals surface area (Å²) in [6.07, 6.45) is 2.76. The Kier molecular flexibility index (Phi) is 9.46. The van der Waals surface area contributed by atoms with E-state index < -0.39 is 6.10 Å². The second kappa shape index (κ2) is 13.0. The molecule has 2 aromatic rings. The van der Waals surface area contributed by atoms with Crippen LogP contribution in [0.15, 0.2) is 30.3 Å². The summed E-state index contributed by atoms with van der Waals surface area (Å²) in [7, 11) is 3.78. The van der Waals surface area contributed by atoms with Gasteiger partial charge in [0.1, 0.15) is 30.0 Å². The highest BCUT2D eigenvalue weighted by Crippen LogP contribution is 2.26. The van der Waals surface area contributed by atoms with E-state index in [0.29, 0.717) is 56.1 Å². The van der Waals surface area contributed by atoms with Gasteiger partial charge in [-0.3, -0.25) is 4.79 Å². The zero-order chi connectivity index (χ0) is 25.3. The Morgan fingerprint density at radius 2 is 1.86 bits per heavy atom. The standard InChI is InChI=1S/C26H37N5O5/c1-27-16-21(32)17-36-22-5-3-4-18(14-22)25-29-23(26(33)28-19-6-10-34-11-7-19)15-24(30-25)31(2)20-8-12-35-13-9-20/h3-5,14-15,19-21,27,32H,6-13,16-17H2,1-2H3,(H,28,33). The fourth-order valence-corrected chi connectivity index (χ4v) is 4.43. The van der Waals surface area contributed by atoms with E-state index in [-0.39, 0.29) is 24.6 Å². The van der Waals surface area contributed by atoms with Crippen LogP contribution in [0.3, 0.4) is 0 Å². The quantitative estimate of drug-likeness (QED) is 0.448. The van der Waals surface area contributed by atoms with Crippen LogP contribution in [-0.2, 0) is 9.47 Å². The molecule has 1 amide bonds. The molecule has 0 radical (unpaired) electrons. The minimum absolute atomic E-state index is 0.0714. The molecule has 0 bridgehead atoms. The van der Waals surface area contributed by atoms with Crippen molar-refractivity contribution < 1.29 is 24.1 Å². The molecule has 2 aliphatic heterocycles. The van der Waals surface area contributed by atoms with Gasteiger partial charge < -0.3 is 34.9 Å². The Balaban J connectivity index is 1.60. The predicted molar refractivity (Wildman–Crippen MR) is 136 cm³/mol. The number of rotatable bonds is 10. The third-order valence-electron chi connectivity index (χ3n) is 6.58. The van der Waals surface area contributed by atoms with Crippen molar-refractivity contribution in [3.05, 3.63) is 36.0 Å². The van der Waals surface area contributed by atoms with E-state index in [1.807, 2.05) is 31.3 Å². The number of amides is 1. The number of aliphatic hydroxyl groups is 1. The molecule has 4 rings (SSSR count). The molecule has 2 fully saturated rings. The summed E-state index contributed by atoms with van der Waals surface area (Å²) in [5, 5.41) is 16.0. The van der Waals surface area contributed by atoms with Crippen LogP contribution in [0.5, 0.6) is 5.75 Å². The van der Waals surface area contributed by atoms with Crippen molar-refractivity contribution in [1.82, 2.24) is 20.6 Å². The number of hydrogen-bond donors (Lipinski definition) is 3. The Hall–Kier alpha value is -2.79. The Labute approximate surface area is 212 Å². The number of carbonyl (C=O) groups excluding carboxylic acids is 1. The number of nitrogens with one attached hydrogen (secondary N) is 2. The molecular formula is C26H37N5O5. The molecule has 1 aromatic heterocycles. The zero-order valence-electron chi connectivity index (χ0n) is 21.1. The van der Waals surface area contributed by atoms with E-state index >= 15 is 0 Å². The Bertz CT molecular complexity index is 994. The molecule has 10 nitrogen and oxygen atoms in total. The highest BCUT2D eigenvalue weighted by molar-refractivity contribution is 5.93. The number of likely N-dealkylation sites (N-methyl/N-ethyl adjacent to an activating group) is 1. The average Bonchev–Trinajstić information content (AvgIpc) is 2.92. The summed E-state index contributed by atoms with van der Waals surface area (Å²) in [6.45, 7) is 3.32. The second-order valence-corrected chi connectivity index (χ2v) is 9.30. The van der Waals surface area contributed by atoms with Gasteiger partial charge in [0.05, 0.1) is 0 Å². The highest BCUT2D eigenvalue weighted by Gasteiger charge is 2.24. The summed E-state index contributed by atoms with van der Waals surface area (Å²) in [5.41, 5.74) is 1.06. The molecule has 1 aromatic carbocycles. The van der Waals surface area contributed by atoms with Crippen LogP contribution >= 0.6 is 0 Å². The summed E-state index contributed by atoms with van der Waals surface area (Å²) < 4.78 is 16.7. The number of ether oxygens (including phenoxy) is 3. The number of hydrogen-bond acceptors (Lipinski definition) is 9. The van der Waals surface area contributed by atoms with E-state index in [4.69, 9.17) is 19.2 Å². The monoisotopic (exact) mass is 499 g/mol. The van der Waals surface area contributed by atoms with Crippen LogP contribution in [0.25, 0.3) is 11.4 Å². The fourth-order valence-electron chi connectivity index (χ4n) is 4.43. The van der Waals surface area contributed by atoms with Crippen molar-refractivity contribution in [3.63, 3.8) is 0 Å². The van der Waals surface area contributed by atoms with Gasteiger partial charge in [-0.15, -0.1) is 0 Å². The molecule has 3 N–H and O–H groups in total. The molecule has 2 saturated heterocycles. The maximum Gasteiger partial charge on any atom is 0.270 e. The topological polar surface area (TPSA) is 118 Å². The lowest BCUT2D eigenvalue weighted by Gasteiger charge is -2.32. The van der Waals surface area contributed by atoms with Crippen molar-refractivity contribution in [2.75, 3.05) is 58.6 Å². The number of aliphatic hydroxyl groups excluding tert-OH is 1. The molecule has 10 heteroatoms. The number of nitrogens with zero attached hydrogens (tertiary/aromatic N) is 3. The molecule has 0 aliphatic carbocycles. The third kappa shape index (κ3) is 7.13. The van der Waals surface area contributed by atoms with Gasteiger partial charge in [-0.25, -0.2) is 9.97 Å². The molecule has 36 heavy (non-hydrogen) atoms. The van der Waals surface area contributed by atoms with E-state index in [9.17, 15) is 9.90 Å². The van der Waals surface area contributed by atoms with Crippen LogP contribution in [0.4, 0.5) is 5.82 Å². The van der Waals surface area contributed by atoms with E-state index in [0.717, 1.165) is 31.2 Å². The first kappa shape index (κ1) is 26.3. The minimum atomic E-state index is -0.619. The molecule has 1 atom stereocenters. The van der Waals surface area contributed by atoms with Crippen molar-refractivity contribution in [3.8, 4) is 17.1 Å². The number of anilines is 1. The molecule has 1 unspecified atom stereocenters. The van der Waals surface area contributed by atoms with Gasteiger partial charge in [-0.2, -0.15) is 0 Å².